The largest absolute Gasteiger partial charge is 0.483 e. The first-order chi connectivity index (χ1) is 14.2. The average molecular weight is 386 g/mol. The van der Waals surface area contributed by atoms with Crippen molar-refractivity contribution in [2.75, 3.05) is 11.9 Å². The van der Waals surface area contributed by atoms with Gasteiger partial charge in [0.25, 0.3) is 11.8 Å². The Hall–Kier alpha value is -4.00. The van der Waals surface area contributed by atoms with Gasteiger partial charge in [0, 0.05) is 6.20 Å². The molecule has 2 heterocycles. The van der Waals surface area contributed by atoms with Gasteiger partial charge in [-0.05, 0) is 42.8 Å². The van der Waals surface area contributed by atoms with Crippen LogP contribution in [-0.4, -0.2) is 27.6 Å². The van der Waals surface area contributed by atoms with Gasteiger partial charge in [-0.3, -0.25) is 9.78 Å². The summed E-state index contributed by atoms with van der Waals surface area (Å²) in [6.45, 7) is 1.82. The first-order valence-corrected chi connectivity index (χ1v) is 9.03. The summed E-state index contributed by atoms with van der Waals surface area (Å²) in [7, 11) is 0. The summed E-state index contributed by atoms with van der Waals surface area (Å²) in [6.07, 6.45) is 1.66. The van der Waals surface area contributed by atoms with Crippen molar-refractivity contribution in [1.82, 2.24) is 15.1 Å². The summed E-state index contributed by atoms with van der Waals surface area (Å²) < 4.78 is 11.0. The number of hydrogen-bond donors (Lipinski definition) is 1. The fraction of sp³-hybridized carbons (Fsp3) is 0.0909. The van der Waals surface area contributed by atoms with Gasteiger partial charge < -0.3 is 14.6 Å². The lowest BCUT2D eigenvalue weighted by molar-refractivity contribution is -0.118. The Morgan fingerprint density at radius 2 is 1.83 bits per heavy atom. The van der Waals surface area contributed by atoms with Crippen molar-refractivity contribution >= 4 is 11.6 Å². The van der Waals surface area contributed by atoms with Crippen LogP contribution in [0.1, 0.15) is 5.56 Å². The van der Waals surface area contributed by atoms with E-state index in [1.165, 1.54) is 0 Å². The zero-order valence-corrected chi connectivity index (χ0v) is 15.7. The SMILES string of the molecule is Cc1ccccc1OCC(=O)Nc1ccccc1-c1nc(-c2ccccn2)no1. The highest BCUT2D eigenvalue weighted by atomic mass is 16.5. The molecule has 0 saturated carbocycles. The Morgan fingerprint density at radius 1 is 1.03 bits per heavy atom. The lowest BCUT2D eigenvalue weighted by Crippen LogP contribution is -2.20. The molecule has 0 radical (unpaired) electrons. The minimum atomic E-state index is -0.287. The molecule has 4 aromatic rings. The summed E-state index contributed by atoms with van der Waals surface area (Å²) in [5, 5.41) is 6.82. The molecule has 0 aliphatic rings. The number of pyridine rings is 1. The molecule has 0 saturated heterocycles. The van der Waals surface area contributed by atoms with E-state index in [2.05, 4.69) is 20.4 Å². The number of rotatable bonds is 6. The van der Waals surface area contributed by atoms with Gasteiger partial charge in [0.2, 0.25) is 5.82 Å². The maximum Gasteiger partial charge on any atom is 0.262 e. The number of nitrogens with zero attached hydrogens (tertiary/aromatic N) is 3. The molecular formula is C22H18N4O3. The second-order valence-electron chi connectivity index (χ2n) is 6.29. The van der Waals surface area contributed by atoms with Gasteiger partial charge in [0.15, 0.2) is 6.61 Å². The van der Waals surface area contributed by atoms with Gasteiger partial charge in [-0.15, -0.1) is 0 Å². The highest BCUT2D eigenvalue weighted by Crippen LogP contribution is 2.28. The van der Waals surface area contributed by atoms with Gasteiger partial charge in [0.05, 0.1) is 11.3 Å². The molecule has 2 aromatic heterocycles. The van der Waals surface area contributed by atoms with Crippen LogP contribution in [0.3, 0.4) is 0 Å². The van der Waals surface area contributed by atoms with Crippen molar-refractivity contribution < 1.29 is 14.1 Å². The molecule has 2 aromatic carbocycles. The van der Waals surface area contributed by atoms with Crippen LogP contribution in [0.5, 0.6) is 5.75 Å². The fourth-order valence-electron chi connectivity index (χ4n) is 2.76. The van der Waals surface area contributed by atoms with Crippen LogP contribution in [0.25, 0.3) is 23.0 Å². The molecule has 1 amide bonds. The minimum absolute atomic E-state index is 0.109. The third-order valence-electron chi connectivity index (χ3n) is 4.20. The molecule has 0 atom stereocenters. The number of amides is 1. The number of hydrogen-bond acceptors (Lipinski definition) is 6. The summed E-state index contributed by atoms with van der Waals surface area (Å²) >= 11 is 0. The number of aryl methyl sites for hydroxylation is 1. The number of anilines is 1. The molecule has 0 spiro atoms. The smallest absolute Gasteiger partial charge is 0.262 e. The fourth-order valence-corrected chi connectivity index (χ4v) is 2.76. The van der Waals surface area contributed by atoms with Gasteiger partial charge in [-0.1, -0.05) is 41.6 Å². The van der Waals surface area contributed by atoms with Gasteiger partial charge in [0.1, 0.15) is 11.4 Å². The van der Waals surface area contributed by atoms with Crippen LogP contribution in [0.15, 0.2) is 77.4 Å². The van der Waals surface area contributed by atoms with E-state index >= 15 is 0 Å². The summed E-state index contributed by atoms with van der Waals surface area (Å²) in [6, 6.07) is 20.2. The van der Waals surface area contributed by atoms with E-state index in [-0.39, 0.29) is 12.5 Å². The summed E-state index contributed by atoms with van der Waals surface area (Å²) in [5.41, 5.74) is 2.75. The third kappa shape index (κ3) is 4.30. The maximum atomic E-state index is 12.4. The molecule has 0 fully saturated rings. The van der Waals surface area contributed by atoms with E-state index in [4.69, 9.17) is 9.26 Å². The van der Waals surface area contributed by atoms with E-state index in [1.807, 2.05) is 55.5 Å². The third-order valence-corrected chi connectivity index (χ3v) is 4.20. The van der Waals surface area contributed by atoms with Crippen LogP contribution in [0.4, 0.5) is 5.69 Å². The summed E-state index contributed by atoms with van der Waals surface area (Å²) in [4.78, 5) is 21.0. The molecular weight excluding hydrogens is 368 g/mol. The Bertz CT molecular complexity index is 1130. The Balaban J connectivity index is 1.49. The zero-order valence-electron chi connectivity index (χ0n) is 15.7. The number of benzene rings is 2. The number of para-hydroxylation sites is 2. The van der Waals surface area contributed by atoms with Crippen molar-refractivity contribution in [3.8, 4) is 28.7 Å². The Labute approximate surface area is 167 Å². The molecule has 4 rings (SSSR count). The number of aromatic nitrogens is 3. The Morgan fingerprint density at radius 3 is 2.66 bits per heavy atom. The van der Waals surface area contributed by atoms with E-state index in [9.17, 15) is 4.79 Å². The molecule has 0 unspecified atom stereocenters. The monoisotopic (exact) mass is 386 g/mol. The topological polar surface area (TPSA) is 90.1 Å². The Kier molecular flexibility index (Phi) is 5.29. The lowest BCUT2D eigenvalue weighted by atomic mass is 10.1. The number of nitrogens with one attached hydrogen (secondary N) is 1. The second-order valence-corrected chi connectivity index (χ2v) is 6.29. The van der Waals surface area contributed by atoms with E-state index in [1.54, 1.807) is 24.4 Å². The molecule has 1 N–H and O–H groups in total. The molecule has 29 heavy (non-hydrogen) atoms. The van der Waals surface area contributed by atoms with Gasteiger partial charge in [-0.25, -0.2) is 0 Å². The maximum absolute atomic E-state index is 12.4. The molecule has 0 bridgehead atoms. The quantitative estimate of drug-likeness (QED) is 0.536. The highest BCUT2D eigenvalue weighted by molar-refractivity contribution is 5.95. The normalized spacial score (nSPS) is 10.5. The average Bonchev–Trinajstić information content (AvgIpc) is 3.24. The predicted octanol–water partition coefficient (Wildman–Crippen LogP) is 4.12. The van der Waals surface area contributed by atoms with Crippen molar-refractivity contribution in [1.29, 1.82) is 0 Å². The molecule has 144 valence electrons. The van der Waals surface area contributed by atoms with Crippen LogP contribution in [0.2, 0.25) is 0 Å². The number of carbonyl (C=O) groups is 1. The standard InChI is InChI=1S/C22H18N4O3/c1-15-8-2-5-12-19(15)28-14-20(27)24-17-10-4-3-9-16(17)22-25-21(26-29-22)18-11-6-7-13-23-18/h2-13H,14H2,1H3,(H,24,27). The highest BCUT2D eigenvalue weighted by Gasteiger charge is 2.16. The van der Waals surface area contributed by atoms with E-state index in [0.717, 1.165) is 5.56 Å². The van der Waals surface area contributed by atoms with Crippen LogP contribution >= 0.6 is 0 Å². The molecule has 7 heteroatoms. The minimum Gasteiger partial charge on any atom is -0.483 e. The van der Waals surface area contributed by atoms with Crippen LogP contribution < -0.4 is 10.1 Å². The van der Waals surface area contributed by atoms with Gasteiger partial charge >= 0.3 is 0 Å². The first-order valence-electron chi connectivity index (χ1n) is 9.03. The van der Waals surface area contributed by atoms with Crippen LogP contribution in [-0.2, 0) is 4.79 Å². The predicted molar refractivity (Wildman–Crippen MR) is 108 cm³/mol. The molecule has 0 aliphatic carbocycles. The first kappa shape index (κ1) is 18.4. The number of carbonyl (C=O) groups excluding carboxylic acids is 1. The van der Waals surface area contributed by atoms with Crippen LogP contribution in [0, 0.1) is 6.92 Å². The van der Waals surface area contributed by atoms with E-state index in [0.29, 0.717) is 34.4 Å². The van der Waals surface area contributed by atoms with Crippen molar-refractivity contribution in [2.45, 2.75) is 6.92 Å². The summed E-state index contributed by atoms with van der Waals surface area (Å²) in [5.74, 6) is 1.06. The van der Waals surface area contributed by atoms with Crippen molar-refractivity contribution in [3.63, 3.8) is 0 Å². The second kappa shape index (κ2) is 8.35. The van der Waals surface area contributed by atoms with Crippen molar-refractivity contribution in [2.24, 2.45) is 0 Å². The molecule has 0 aliphatic heterocycles. The zero-order chi connectivity index (χ0) is 20.1. The van der Waals surface area contributed by atoms with E-state index < -0.39 is 0 Å². The lowest BCUT2D eigenvalue weighted by Gasteiger charge is -2.11. The molecule has 7 nitrogen and oxygen atoms in total. The van der Waals surface area contributed by atoms with Gasteiger partial charge in [-0.2, -0.15) is 4.98 Å². The van der Waals surface area contributed by atoms with Crippen molar-refractivity contribution in [3.05, 3.63) is 78.5 Å². The number of ether oxygens (including phenoxy) is 1.